The predicted octanol–water partition coefficient (Wildman–Crippen LogP) is 3.86. The Bertz CT molecular complexity index is 921. The standard InChI is InChI=1S/C18H13N3O2/c1-2-4-14(5-3-1)17-15-6-7-16(20-18(15)23-21-17)22-12-13-8-10-19-11-9-13/h1-11H,12H2. The minimum atomic E-state index is 0.431. The first kappa shape index (κ1) is 13.5. The van der Waals surface area contributed by atoms with E-state index in [0.717, 1.165) is 22.2 Å². The molecule has 23 heavy (non-hydrogen) atoms. The molecule has 3 aromatic heterocycles. The van der Waals surface area contributed by atoms with Crippen LogP contribution in [0.1, 0.15) is 5.56 Å². The van der Waals surface area contributed by atoms with Crippen LogP contribution in [0.25, 0.3) is 22.4 Å². The van der Waals surface area contributed by atoms with Gasteiger partial charge in [0.1, 0.15) is 12.3 Å². The van der Waals surface area contributed by atoms with E-state index in [1.165, 1.54) is 0 Å². The fraction of sp³-hybridized carbons (Fsp3) is 0.0556. The molecule has 0 aliphatic carbocycles. The molecule has 0 spiro atoms. The van der Waals surface area contributed by atoms with E-state index in [0.29, 0.717) is 18.2 Å². The molecule has 5 heteroatoms. The summed E-state index contributed by atoms with van der Waals surface area (Å²) in [5.74, 6) is 0.505. The molecule has 0 aliphatic heterocycles. The Hall–Kier alpha value is -3.21. The highest BCUT2D eigenvalue weighted by molar-refractivity contribution is 5.89. The highest BCUT2D eigenvalue weighted by Crippen LogP contribution is 2.28. The molecule has 4 rings (SSSR count). The van der Waals surface area contributed by atoms with Crippen molar-refractivity contribution in [2.75, 3.05) is 0 Å². The normalized spacial score (nSPS) is 10.8. The average Bonchev–Trinajstić information content (AvgIpc) is 3.05. The number of fused-ring (bicyclic) bond motifs is 1. The summed E-state index contributed by atoms with van der Waals surface area (Å²) in [7, 11) is 0. The Morgan fingerprint density at radius 2 is 1.74 bits per heavy atom. The van der Waals surface area contributed by atoms with Gasteiger partial charge in [-0.15, -0.1) is 0 Å². The lowest BCUT2D eigenvalue weighted by Crippen LogP contribution is -1.97. The van der Waals surface area contributed by atoms with Crippen LogP contribution in [0.4, 0.5) is 0 Å². The third kappa shape index (κ3) is 2.76. The summed E-state index contributed by atoms with van der Waals surface area (Å²) in [5.41, 5.74) is 3.29. The molecule has 0 N–H and O–H groups in total. The fourth-order valence-corrected chi connectivity index (χ4v) is 2.33. The zero-order valence-electron chi connectivity index (χ0n) is 12.2. The number of aromatic nitrogens is 3. The van der Waals surface area contributed by atoms with Gasteiger partial charge in [-0.05, 0) is 23.8 Å². The van der Waals surface area contributed by atoms with Crippen molar-refractivity contribution in [3.05, 3.63) is 72.6 Å². The molecule has 0 saturated heterocycles. The Morgan fingerprint density at radius 3 is 2.57 bits per heavy atom. The van der Waals surface area contributed by atoms with Gasteiger partial charge in [0.25, 0.3) is 5.71 Å². The van der Waals surface area contributed by atoms with Crippen molar-refractivity contribution in [3.8, 4) is 17.1 Å². The Kier molecular flexibility index (Phi) is 3.44. The third-order valence-electron chi connectivity index (χ3n) is 3.50. The monoisotopic (exact) mass is 303 g/mol. The molecule has 0 saturated carbocycles. The number of rotatable bonds is 4. The van der Waals surface area contributed by atoms with E-state index >= 15 is 0 Å². The first-order valence-electron chi connectivity index (χ1n) is 7.24. The number of hydrogen-bond acceptors (Lipinski definition) is 5. The first-order valence-corrected chi connectivity index (χ1v) is 7.24. The maximum atomic E-state index is 5.69. The van der Waals surface area contributed by atoms with Crippen molar-refractivity contribution in [1.29, 1.82) is 0 Å². The maximum absolute atomic E-state index is 5.69. The summed E-state index contributed by atoms with van der Waals surface area (Å²) in [6, 6.07) is 17.4. The van der Waals surface area contributed by atoms with Crippen LogP contribution < -0.4 is 4.74 Å². The smallest absolute Gasteiger partial charge is 0.261 e. The van der Waals surface area contributed by atoms with E-state index in [-0.39, 0.29) is 0 Å². The molecule has 0 amide bonds. The topological polar surface area (TPSA) is 61.0 Å². The summed E-state index contributed by atoms with van der Waals surface area (Å²) in [4.78, 5) is 8.35. The number of benzene rings is 1. The van der Waals surface area contributed by atoms with Gasteiger partial charge in [0, 0.05) is 24.0 Å². The van der Waals surface area contributed by atoms with Crippen LogP contribution >= 0.6 is 0 Å². The molecular formula is C18H13N3O2. The Balaban J connectivity index is 1.60. The Labute approximate surface area is 132 Å². The highest BCUT2D eigenvalue weighted by Gasteiger charge is 2.12. The largest absolute Gasteiger partial charge is 0.473 e. The lowest BCUT2D eigenvalue weighted by Gasteiger charge is -2.04. The summed E-state index contributed by atoms with van der Waals surface area (Å²) < 4.78 is 11.0. The van der Waals surface area contributed by atoms with E-state index in [2.05, 4.69) is 15.1 Å². The lowest BCUT2D eigenvalue weighted by molar-refractivity contribution is 0.293. The molecular weight excluding hydrogens is 290 g/mol. The molecule has 5 nitrogen and oxygen atoms in total. The zero-order valence-corrected chi connectivity index (χ0v) is 12.2. The number of nitrogens with zero attached hydrogens (tertiary/aromatic N) is 3. The van der Waals surface area contributed by atoms with Crippen LogP contribution in [-0.2, 0) is 6.61 Å². The highest BCUT2D eigenvalue weighted by atomic mass is 16.5. The van der Waals surface area contributed by atoms with Crippen molar-refractivity contribution in [2.24, 2.45) is 0 Å². The second-order valence-corrected chi connectivity index (χ2v) is 5.04. The molecule has 0 unspecified atom stereocenters. The van der Waals surface area contributed by atoms with Gasteiger partial charge < -0.3 is 9.26 Å². The van der Waals surface area contributed by atoms with Crippen LogP contribution in [0.15, 0.2) is 71.5 Å². The molecule has 0 atom stereocenters. The van der Waals surface area contributed by atoms with Crippen molar-refractivity contribution < 1.29 is 9.26 Å². The fourth-order valence-electron chi connectivity index (χ4n) is 2.33. The molecule has 0 aliphatic rings. The molecule has 4 aromatic rings. The van der Waals surface area contributed by atoms with Gasteiger partial charge in [0.05, 0.1) is 5.39 Å². The number of hydrogen-bond donors (Lipinski definition) is 0. The van der Waals surface area contributed by atoms with Gasteiger partial charge in [-0.1, -0.05) is 35.5 Å². The van der Waals surface area contributed by atoms with E-state index < -0.39 is 0 Å². The second kappa shape index (κ2) is 5.88. The molecule has 3 heterocycles. The second-order valence-electron chi connectivity index (χ2n) is 5.04. The average molecular weight is 303 g/mol. The van der Waals surface area contributed by atoms with Crippen molar-refractivity contribution >= 4 is 11.1 Å². The Morgan fingerprint density at radius 1 is 0.913 bits per heavy atom. The van der Waals surface area contributed by atoms with Gasteiger partial charge in [-0.2, -0.15) is 4.98 Å². The summed E-state index contributed by atoms with van der Waals surface area (Å²) >= 11 is 0. The quantitative estimate of drug-likeness (QED) is 0.573. The molecule has 112 valence electrons. The number of pyridine rings is 2. The summed E-state index contributed by atoms with van der Waals surface area (Å²) in [5, 5.41) is 4.99. The van der Waals surface area contributed by atoms with Crippen LogP contribution in [-0.4, -0.2) is 15.1 Å². The van der Waals surface area contributed by atoms with Gasteiger partial charge in [-0.25, -0.2) is 0 Å². The summed E-state index contributed by atoms with van der Waals surface area (Å²) in [6.45, 7) is 0.431. The number of ether oxygens (including phenoxy) is 1. The first-order chi connectivity index (χ1) is 11.4. The van der Waals surface area contributed by atoms with Crippen LogP contribution in [0.3, 0.4) is 0 Å². The van der Waals surface area contributed by atoms with Crippen LogP contribution in [0.2, 0.25) is 0 Å². The van der Waals surface area contributed by atoms with Gasteiger partial charge in [0.15, 0.2) is 0 Å². The summed E-state index contributed by atoms with van der Waals surface area (Å²) in [6.07, 6.45) is 3.47. The van der Waals surface area contributed by atoms with E-state index in [1.54, 1.807) is 12.4 Å². The van der Waals surface area contributed by atoms with Crippen LogP contribution in [0, 0.1) is 0 Å². The molecule has 0 bridgehead atoms. The molecule has 1 aromatic carbocycles. The van der Waals surface area contributed by atoms with Crippen molar-refractivity contribution in [3.63, 3.8) is 0 Å². The van der Waals surface area contributed by atoms with Crippen molar-refractivity contribution in [2.45, 2.75) is 6.61 Å². The molecule has 0 fully saturated rings. The lowest BCUT2D eigenvalue weighted by atomic mass is 10.1. The zero-order chi connectivity index (χ0) is 15.5. The third-order valence-corrected chi connectivity index (χ3v) is 3.50. The molecule has 0 radical (unpaired) electrons. The maximum Gasteiger partial charge on any atom is 0.261 e. The van der Waals surface area contributed by atoms with Gasteiger partial charge in [-0.3, -0.25) is 4.98 Å². The predicted molar refractivity (Wildman–Crippen MR) is 85.8 cm³/mol. The van der Waals surface area contributed by atoms with E-state index in [9.17, 15) is 0 Å². The SMILES string of the molecule is c1ccc(-c2noc3nc(OCc4ccncc4)ccc23)cc1. The minimum absolute atomic E-state index is 0.431. The van der Waals surface area contributed by atoms with E-state index in [4.69, 9.17) is 9.26 Å². The van der Waals surface area contributed by atoms with E-state index in [1.807, 2.05) is 54.6 Å². The van der Waals surface area contributed by atoms with Gasteiger partial charge in [0.2, 0.25) is 5.88 Å². The van der Waals surface area contributed by atoms with Crippen LogP contribution in [0.5, 0.6) is 5.88 Å². The minimum Gasteiger partial charge on any atom is -0.473 e. The van der Waals surface area contributed by atoms with Crippen molar-refractivity contribution in [1.82, 2.24) is 15.1 Å². The van der Waals surface area contributed by atoms with Gasteiger partial charge >= 0.3 is 0 Å².